The molecule has 0 aromatic heterocycles. The molecule has 0 amide bonds. The third kappa shape index (κ3) is 3.11. The van der Waals surface area contributed by atoms with Gasteiger partial charge in [0.1, 0.15) is 11.8 Å². The maximum Gasteiger partial charge on any atom is 0.573 e. The standard InChI is InChI=1S/C10H7F3N2O3/c11-10(12,13)18-8-2-5(3-14)7(9(16)17)1-6(8)4-15/h1-2H,4,15H2,(H,16,17). The molecule has 1 aromatic rings. The van der Waals surface area contributed by atoms with Crippen molar-refractivity contribution >= 4 is 5.97 Å². The number of alkyl halides is 3. The number of aromatic carboxylic acids is 1. The third-order valence-electron chi connectivity index (χ3n) is 2.00. The van der Waals surface area contributed by atoms with Crippen molar-refractivity contribution in [2.24, 2.45) is 5.73 Å². The number of benzene rings is 1. The van der Waals surface area contributed by atoms with Crippen molar-refractivity contribution < 1.29 is 27.8 Å². The first-order chi connectivity index (χ1) is 8.28. The van der Waals surface area contributed by atoms with Gasteiger partial charge >= 0.3 is 12.3 Å². The Morgan fingerprint density at radius 3 is 2.50 bits per heavy atom. The molecular formula is C10H7F3N2O3. The first-order valence-corrected chi connectivity index (χ1v) is 4.54. The van der Waals surface area contributed by atoms with Gasteiger partial charge in [0, 0.05) is 12.1 Å². The number of hydrogen-bond acceptors (Lipinski definition) is 4. The van der Waals surface area contributed by atoms with Gasteiger partial charge in [-0.05, 0) is 12.1 Å². The van der Waals surface area contributed by atoms with E-state index in [0.29, 0.717) is 6.07 Å². The Bertz CT molecular complexity index is 520. The lowest BCUT2D eigenvalue weighted by Gasteiger charge is -2.13. The van der Waals surface area contributed by atoms with Gasteiger partial charge < -0.3 is 15.6 Å². The number of rotatable bonds is 3. The summed E-state index contributed by atoms with van der Waals surface area (Å²) in [5, 5.41) is 17.5. The highest BCUT2D eigenvalue weighted by atomic mass is 19.4. The highest BCUT2D eigenvalue weighted by Crippen LogP contribution is 2.29. The number of hydrogen-bond donors (Lipinski definition) is 2. The van der Waals surface area contributed by atoms with E-state index in [2.05, 4.69) is 4.74 Å². The van der Waals surface area contributed by atoms with Crippen LogP contribution in [0, 0.1) is 11.3 Å². The van der Waals surface area contributed by atoms with Crippen LogP contribution in [0.3, 0.4) is 0 Å². The van der Waals surface area contributed by atoms with E-state index in [1.807, 2.05) is 0 Å². The summed E-state index contributed by atoms with van der Waals surface area (Å²) in [6.07, 6.45) is -4.94. The monoisotopic (exact) mass is 260 g/mol. The lowest BCUT2D eigenvalue weighted by molar-refractivity contribution is -0.274. The Hall–Kier alpha value is -2.27. The molecule has 0 aliphatic rings. The fraction of sp³-hybridized carbons (Fsp3) is 0.200. The van der Waals surface area contributed by atoms with Crippen LogP contribution in [0.5, 0.6) is 5.75 Å². The number of halogens is 3. The summed E-state index contributed by atoms with van der Waals surface area (Å²) in [6, 6.07) is 3.08. The van der Waals surface area contributed by atoms with Crippen molar-refractivity contribution in [1.82, 2.24) is 0 Å². The molecule has 0 atom stereocenters. The lowest BCUT2D eigenvalue weighted by atomic mass is 10.0. The van der Waals surface area contributed by atoms with Crippen LogP contribution in [-0.4, -0.2) is 17.4 Å². The second kappa shape index (κ2) is 4.93. The number of nitriles is 1. The highest BCUT2D eigenvalue weighted by molar-refractivity contribution is 5.91. The summed E-state index contributed by atoms with van der Waals surface area (Å²) in [5.74, 6) is -2.11. The van der Waals surface area contributed by atoms with E-state index in [4.69, 9.17) is 16.1 Å². The van der Waals surface area contributed by atoms with E-state index in [1.54, 1.807) is 0 Å². The molecule has 0 radical (unpaired) electrons. The topological polar surface area (TPSA) is 96.3 Å². The zero-order chi connectivity index (χ0) is 13.9. The van der Waals surface area contributed by atoms with Crippen molar-refractivity contribution in [2.75, 3.05) is 0 Å². The van der Waals surface area contributed by atoms with Gasteiger partial charge in [-0.25, -0.2) is 4.79 Å². The van der Waals surface area contributed by atoms with Crippen LogP contribution in [0.15, 0.2) is 12.1 Å². The number of carboxylic acids is 1. The molecule has 1 rings (SSSR count). The summed E-state index contributed by atoms with van der Waals surface area (Å²) in [5.41, 5.74) is 4.20. The molecule has 3 N–H and O–H groups in total. The molecule has 0 aliphatic heterocycles. The number of nitrogens with zero attached hydrogens (tertiary/aromatic N) is 1. The molecule has 0 spiro atoms. The minimum absolute atomic E-state index is 0.149. The fourth-order valence-electron chi connectivity index (χ4n) is 1.27. The van der Waals surface area contributed by atoms with Gasteiger partial charge in [-0.15, -0.1) is 13.2 Å². The van der Waals surface area contributed by atoms with Crippen LogP contribution >= 0.6 is 0 Å². The minimum atomic E-state index is -4.94. The van der Waals surface area contributed by atoms with E-state index < -0.39 is 29.2 Å². The highest BCUT2D eigenvalue weighted by Gasteiger charge is 2.32. The quantitative estimate of drug-likeness (QED) is 0.860. The summed E-state index contributed by atoms with van der Waals surface area (Å²) >= 11 is 0. The van der Waals surface area contributed by atoms with E-state index in [1.165, 1.54) is 6.07 Å². The second-order valence-electron chi connectivity index (χ2n) is 3.17. The zero-order valence-corrected chi connectivity index (χ0v) is 8.78. The third-order valence-corrected chi connectivity index (χ3v) is 2.00. The Kier molecular flexibility index (Phi) is 3.78. The Morgan fingerprint density at radius 2 is 2.11 bits per heavy atom. The van der Waals surface area contributed by atoms with Crippen LogP contribution in [0.25, 0.3) is 0 Å². The molecular weight excluding hydrogens is 253 g/mol. The number of ether oxygens (including phenoxy) is 1. The normalized spacial score (nSPS) is 10.8. The van der Waals surface area contributed by atoms with Crippen molar-refractivity contribution in [3.63, 3.8) is 0 Å². The maximum atomic E-state index is 12.1. The van der Waals surface area contributed by atoms with Crippen LogP contribution in [0.4, 0.5) is 13.2 Å². The number of carbonyl (C=O) groups is 1. The lowest BCUT2D eigenvalue weighted by Crippen LogP contribution is -2.19. The summed E-state index contributed by atoms with van der Waals surface area (Å²) in [7, 11) is 0. The first-order valence-electron chi connectivity index (χ1n) is 4.54. The molecule has 0 saturated heterocycles. The molecule has 5 nitrogen and oxygen atoms in total. The maximum absolute atomic E-state index is 12.1. The van der Waals surface area contributed by atoms with Crippen molar-refractivity contribution in [3.05, 3.63) is 28.8 Å². The van der Waals surface area contributed by atoms with Gasteiger partial charge in [-0.1, -0.05) is 0 Å². The fourth-order valence-corrected chi connectivity index (χ4v) is 1.27. The summed E-state index contributed by atoms with van der Waals surface area (Å²) in [6.45, 7) is -0.350. The SMILES string of the molecule is N#Cc1cc(OC(F)(F)F)c(CN)cc1C(=O)O. The molecule has 8 heteroatoms. The molecule has 0 unspecified atom stereocenters. The van der Waals surface area contributed by atoms with Crippen LogP contribution < -0.4 is 10.5 Å². The number of carboxylic acid groups (broad SMARTS) is 1. The van der Waals surface area contributed by atoms with Gasteiger partial charge in [0.05, 0.1) is 11.1 Å². The molecule has 0 fully saturated rings. The molecule has 1 aromatic carbocycles. The van der Waals surface area contributed by atoms with E-state index in [9.17, 15) is 18.0 Å². The van der Waals surface area contributed by atoms with E-state index in [-0.39, 0.29) is 12.1 Å². The van der Waals surface area contributed by atoms with E-state index >= 15 is 0 Å². The van der Waals surface area contributed by atoms with Gasteiger partial charge in [-0.2, -0.15) is 5.26 Å². The predicted molar refractivity (Wildman–Crippen MR) is 52.7 cm³/mol. The molecule has 0 aliphatic carbocycles. The average molecular weight is 260 g/mol. The number of nitrogens with two attached hydrogens (primary N) is 1. The van der Waals surface area contributed by atoms with Crippen molar-refractivity contribution in [2.45, 2.75) is 12.9 Å². The van der Waals surface area contributed by atoms with Crippen LogP contribution in [-0.2, 0) is 6.54 Å². The van der Waals surface area contributed by atoms with Gasteiger partial charge in [0.25, 0.3) is 0 Å². The Balaban J connectivity index is 3.36. The predicted octanol–water partition coefficient (Wildman–Crippen LogP) is 1.61. The molecule has 96 valence electrons. The molecule has 0 saturated carbocycles. The zero-order valence-electron chi connectivity index (χ0n) is 8.78. The van der Waals surface area contributed by atoms with E-state index in [0.717, 1.165) is 6.07 Å². The van der Waals surface area contributed by atoms with Crippen molar-refractivity contribution in [3.8, 4) is 11.8 Å². The van der Waals surface area contributed by atoms with Crippen LogP contribution in [0.1, 0.15) is 21.5 Å². The largest absolute Gasteiger partial charge is 0.573 e. The first kappa shape index (κ1) is 13.8. The van der Waals surface area contributed by atoms with Gasteiger partial charge in [-0.3, -0.25) is 0 Å². The van der Waals surface area contributed by atoms with Crippen molar-refractivity contribution in [1.29, 1.82) is 5.26 Å². The molecule has 0 heterocycles. The molecule has 18 heavy (non-hydrogen) atoms. The summed E-state index contributed by atoms with van der Waals surface area (Å²) < 4.78 is 39.9. The molecule has 0 bridgehead atoms. The Labute approximate surface area is 99.2 Å². The minimum Gasteiger partial charge on any atom is -0.478 e. The van der Waals surface area contributed by atoms with Crippen LogP contribution in [0.2, 0.25) is 0 Å². The average Bonchev–Trinajstić information content (AvgIpc) is 2.25. The summed E-state index contributed by atoms with van der Waals surface area (Å²) in [4.78, 5) is 10.8. The van der Waals surface area contributed by atoms with Gasteiger partial charge in [0.15, 0.2) is 0 Å². The smallest absolute Gasteiger partial charge is 0.478 e. The second-order valence-corrected chi connectivity index (χ2v) is 3.17. The van der Waals surface area contributed by atoms with Gasteiger partial charge in [0.2, 0.25) is 0 Å². The Morgan fingerprint density at radius 1 is 1.50 bits per heavy atom.